The van der Waals surface area contributed by atoms with Crippen molar-refractivity contribution in [1.82, 2.24) is 4.90 Å². The summed E-state index contributed by atoms with van der Waals surface area (Å²) in [5, 5.41) is 11.2. The number of nitro groups is 1. The molecule has 0 aliphatic carbocycles. The highest BCUT2D eigenvalue weighted by molar-refractivity contribution is 7.91. The second-order valence-corrected chi connectivity index (χ2v) is 9.53. The molecule has 1 aliphatic rings. The SMILES string of the molecule is Cc1ccc(CN(C(=O)c2cc([N+](=O)[O-])ccc2Cl)C2CCS(=O)(=O)C2)cc1. The number of rotatable bonds is 5. The van der Waals surface area contributed by atoms with Crippen molar-refractivity contribution in [2.45, 2.75) is 25.9 Å². The molecule has 0 aromatic heterocycles. The Labute approximate surface area is 168 Å². The minimum absolute atomic E-state index is 0.00715. The Morgan fingerprint density at radius 1 is 1.25 bits per heavy atom. The summed E-state index contributed by atoms with van der Waals surface area (Å²) in [5.74, 6) is -0.633. The number of nitro benzene ring substituents is 1. The van der Waals surface area contributed by atoms with E-state index in [0.717, 1.165) is 17.2 Å². The zero-order valence-corrected chi connectivity index (χ0v) is 16.7. The van der Waals surface area contributed by atoms with Crippen molar-refractivity contribution in [1.29, 1.82) is 0 Å². The van der Waals surface area contributed by atoms with E-state index in [9.17, 15) is 23.3 Å². The number of carbonyl (C=O) groups excluding carboxylic acids is 1. The summed E-state index contributed by atoms with van der Waals surface area (Å²) < 4.78 is 23.9. The van der Waals surface area contributed by atoms with Crippen LogP contribution in [0.25, 0.3) is 0 Å². The van der Waals surface area contributed by atoms with Gasteiger partial charge in [0, 0.05) is 24.7 Å². The molecule has 7 nitrogen and oxygen atoms in total. The summed E-state index contributed by atoms with van der Waals surface area (Å²) in [4.78, 5) is 25.2. The first kappa shape index (κ1) is 20.3. The average molecular weight is 423 g/mol. The molecule has 0 N–H and O–H groups in total. The van der Waals surface area contributed by atoms with Crippen LogP contribution in [0.5, 0.6) is 0 Å². The normalized spacial score (nSPS) is 18.0. The Bertz CT molecular complexity index is 1020. The Hall–Kier alpha value is -2.45. The van der Waals surface area contributed by atoms with E-state index in [1.54, 1.807) is 0 Å². The van der Waals surface area contributed by atoms with Gasteiger partial charge in [0.05, 0.1) is 27.0 Å². The molecule has 2 aromatic rings. The van der Waals surface area contributed by atoms with Gasteiger partial charge in [-0.25, -0.2) is 8.42 Å². The predicted octanol–water partition coefficient (Wildman–Crippen LogP) is 3.39. The Balaban J connectivity index is 1.98. The van der Waals surface area contributed by atoms with Gasteiger partial charge in [-0.2, -0.15) is 0 Å². The molecular weight excluding hydrogens is 404 g/mol. The number of nitrogens with zero attached hydrogens (tertiary/aromatic N) is 2. The molecule has 1 unspecified atom stereocenters. The van der Waals surface area contributed by atoms with E-state index in [4.69, 9.17) is 11.6 Å². The first-order valence-corrected chi connectivity index (χ1v) is 10.9. The van der Waals surface area contributed by atoms with Gasteiger partial charge in [-0.1, -0.05) is 41.4 Å². The third kappa shape index (κ3) is 4.51. The first-order chi connectivity index (χ1) is 13.2. The summed E-state index contributed by atoms with van der Waals surface area (Å²) >= 11 is 6.14. The van der Waals surface area contributed by atoms with Crippen molar-refractivity contribution in [3.8, 4) is 0 Å². The highest BCUT2D eigenvalue weighted by Gasteiger charge is 2.36. The van der Waals surface area contributed by atoms with Crippen LogP contribution in [-0.2, 0) is 16.4 Å². The van der Waals surface area contributed by atoms with Crippen LogP contribution in [-0.4, -0.2) is 41.7 Å². The number of sulfone groups is 1. The van der Waals surface area contributed by atoms with E-state index in [2.05, 4.69) is 0 Å². The van der Waals surface area contributed by atoms with E-state index in [1.807, 2.05) is 31.2 Å². The fourth-order valence-electron chi connectivity index (χ4n) is 3.22. The number of amides is 1. The second-order valence-electron chi connectivity index (χ2n) is 6.90. The van der Waals surface area contributed by atoms with Crippen molar-refractivity contribution < 1.29 is 18.1 Å². The summed E-state index contributed by atoms with van der Waals surface area (Å²) in [5.41, 5.74) is 1.64. The largest absolute Gasteiger partial charge is 0.330 e. The molecule has 148 valence electrons. The van der Waals surface area contributed by atoms with Crippen molar-refractivity contribution in [3.63, 3.8) is 0 Å². The van der Waals surface area contributed by atoms with Gasteiger partial charge in [0.1, 0.15) is 0 Å². The monoisotopic (exact) mass is 422 g/mol. The Morgan fingerprint density at radius 2 is 1.93 bits per heavy atom. The molecule has 3 rings (SSSR count). The van der Waals surface area contributed by atoms with Crippen LogP contribution in [0.3, 0.4) is 0 Å². The topological polar surface area (TPSA) is 97.6 Å². The van der Waals surface area contributed by atoms with Crippen molar-refractivity contribution in [2.75, 3.05) is 11.5 Å². The average Bonchev–Trinajstić information content (AvgIpc) is 3.00. The fourth-order valence-corrected chi connectivity index (χ4v) is 5.15. The van der Waals surface area contributed by atoms with E-state index < -0.39 is 26.7 Å². The van der Waals surface area contributed by atoms with Gasteiger partial charge in [-0.05, 0) is 25.0 Å². The molecule has 1 aliphatic heterocycles. The van der Waals surface area contributed by atoms with Gasteiger partial charge in [0.15, 0.2) is 9.84 Å². The zero-order chi connectivity index (χ0) is 20.5. The number of non-ortho nitro benzene ring substituents is 1. The first-order valence-electron chi connectivity index (χ1n) is 8.67. The maximum absolute atomic E-state index is 13.2. The summed E-state index contributed by atoms with van der Waals surface area (Å²) in [6, 6.07) is 10.7. The standard InChI is InChI=1S/C19H19ClN2O5S/c1-13-2-4-14(5-3-13)11-21(16-8-9-28(26,27)12-16)19(23)17-10-15(22(24)25)6-7-18(17)20/h2-7,10,16H,8-9,11-12H2,1H3. The smallest absolute Gasteiger partial charge is 0.270 e. The minimum Gasteiger partial charge on any atom is -0.330 e. The van der Waals surface area contributed by atoms with Crippen LogP contribution in [0.2, 0.25) is 5.02 Å². The maximum Gasteiger partial charge on any atom is 0.270 e. The lowest BCUT2D eigenvalue weighted by atomic mass is 10.1. The molecule has 0 radical (unpaired) electrons. The second kappa shape index (κ2) is 7.89. The number of carbonyl (C=O) groups is 1. The lowest BCUT2D eigenvalue weighted by Crippen LogP contribution is -2.40. The molecule has 28 heavy (non-hydrogen) atoms. The molecule has 1 amide bonds. The molecule has 0 bridgehead atoms. The molecule has 1 saturated heterocycles. The highest BCUT2D eigenvalue weighted by Crippen LogP contribution is 2.27. The van der Waals surface area contributed by atoms with E-state index in [1.165, 1.54) is 17.0 Å². The zero-order valence-electron chi connectivity index (χ0n) is 15.2. The van der Waals surface area contributed by atoms with E-state index >= 15 is 0 Å². The number of benzene rings is 2. The van der Waals surface area contributed by atoms with Crippen molar-refractivity contribution in [3.05, 3.63) is 74.3 Å². The number of hydrogen-bond acceptors (Lipinski definition) is 5. The molecule has 9 heteroatoms. The molecular formula is C19H19ClN2O5S. The Kier molecular flexibility index (Phi) is 5.71. The summed E-state index contributed by atoms with van der Waals surface area (Å²) in [6.07, 6.45) is 0.326. The highest BCUT2D eigenvalue weighted by atomic mass is 35.5. The quantitative estimate of drug-likeness (QED) is 0.543. The van der Waals surface area contributed by atoms with Gasteiger partial charge in [-0.3, -0.25) is 14.9 Å². The van der Waals surface area contributed by atoms with Crippen LogP contribution in [0.4, 0.5) is 5.69 Å². The predicted molar refractivity (Wildman–Crippen MR) is 106 cm³/mol. The Morgan fingerprint density at radius 3 is 2.50 bits per heavy atom. The fraction of sp³-hybridized carbons (Fsp3) is 0.316. The van der Waals surface area contributed by atoms with Gasteiger partial charge in [-0.15, -0.1) is 0 Å². The molecule has 1 fully saturated rings. The van der Waals surface area contributed by atoms with Crippen LogP contribution < -0.4 is 0 Å². The van der Waals surface area contributed by atoms with E-state index in [0.29, 0.717) is 6.42 Å². The third-order valence-corrected chi connectivity index (χ3v) is 6.85. The van der Waals surface area contributed by atoms with Crippen LogP contribution in [0.1, 0.15) is 27.9 Å². The lowest BCUT2D eigenvalue weighted by Gasteiger charge is -2.29. The van der Waals surface area contributed by atoms with Crippen LogP contribution in [0.15, 0.2) is 42.5 Å². The minimum atomic E-state index is -3.22. The maximum atomic E-state index is 13.2. The number of hydrogen-bond donors (Lipinski definition) is 0. The molecule has 0 saturated carbocycles. The lowest BCUT2D eigenvalue weighted by molar-refractivity contribution is -0.384. The van der Waals surface area contributed by atoms with Crippen LogP contribution >= 0.6 is 11.6 Å². The molecule has 1 atom stereocenters. The molecule has 2 aromatic carbocycles. The number of aryl methyl sites for hydroxylation is 1. The van der Waals surface area contributed by atoms with Crippen molar-refractivity contribution in [2.24, 2.45) is 0 Å². The van der Waals surface area contributed by atoms with Crippen LogP contribution in [0, 0.1) is 17.0 Å². The molecule has 1 heterocycles. The van der Waals surface area contributed by atoms with Gasteiger partial charge in [0.2, 0.25) is 0 Å². The van der Waals surface area contributed by atoms with Crippen molar-refractivity contribution >= 4 is 33.0 Å². The van der Waals surface area contributed by atoms with E-state index in [-0.39, 0.29) is 34.3 Å². The van der Waals surface area contributed by atoms with Gasteiger partial charge >= 0.3 is 0 Å². The third-order valence-electron chi connectivity index (χ3n) is 4.77. The number of halogens is 1. The summed E-state index contributed by atoms with van der Waals surface area (Å²) in [7, 11) is -3.22. The van der Waals surface area contributed by atoms with Gasteiger partial charge < -0.3 is 4.90 Å². The molecule has 0 spiro atoms. The van der Waals surface area contributed by atoms with Gasteiger partial charge in [0.25, 0.3) is 11.6 Å². The summed E-state index contributed by atoms with van der Waals surface area (Å²) in [6.45, 7) is 2.14.